The molecular weight excluding hydrogens is 340 g/mol. The van der Waals surface area contributed by atoms with Crippen molar-refractivity contribution in [2.24, 2.45) is 0 Å². The van der Waals surface area contributed by atoms with Crippen molar-refractivity contribution < 1.29 is 9.59 Å². The lowest BCUT2D eigenvalue weighted by Gasteiger charge is -2.34. The molecule has 0 aliphatic carbocycles. The van der Waals surface area contributed by atoms with Gasteiger partial charge >= 0.3 is 6.03 Å². The number of imide groups is 1. The fourth-order valence-corrected chi connectivity index (χ4v) is 3.10. The van der Waals surface area contributed by atoms with Gasteiger partial charge in [0.1, 0.15) is 0 Å². The third-order valence-corrected chi connectivity index (χ3v) is 5.13. The number of nitrogens with one attached hydrogen (secondary N) is 2. The van der Waals surface area contributed by atoms with Crippen molar-refractivity contribution in [1.82, 2.24) is 20.4 Å². The summed E-state index contributed by atoms with van der Waals surface area (Å²) in [4.78, 5) is 28.3. The summed E-state index contributed by atoms with van der Waals surface area (Å²) in [6.07, 6.45) is 0.837. The molecule has 1 heterocycles. The standard InChI is InChI=1S/C21H34N4O2/c1-5-17(4)22-21(27)23-20(26)15-25-12-10-24(11-13-25)14-18-6-8-19(9-7-18)16(2)3/h6-9,16-17H,5,10-15H2,1-4H3,(H2,22,23,26,27)/t17-/m1/s1. The van der Waals surface area contributed by atoms with Gasteiger partial charge in [0.2, 0.25) is 5.91 Å². The van der Waals surface area contributed by atoms with Crippen LogP contribution in [0.15, 0.2) is 24.3 Å². The van der Waals surface area contributed by atoms with Crippen LogP contribution in [0.2, 0.25) is 0 Å². The smallest absolute Gasteiger partial charge is 0.321 e. The van der Waals surface area contributed by atoms with Gasteiger partial charge in [0.05, 0.1) is 6.54 Å². The van der Waals surface area contributed by atoms with Gasteiger partial charge in [-0.3, -0.25) is 19.9 Å². The molecule has 0 unspecified atom stereocenters. The molecule has 1 aliphatic rings. The van der Waals surface area contributed by atoms with Crippen LogP contribution >= 0.6 is 0 Å². The van der Waals surface area contributed by atoms with Crippen molar-refractivity contribution in [2.45, 2.75) is 52.6 Å². The maximum atomic E-state index is 12.0. The number of carbonyl (C=O) groups is 2. The second-order valence-electron chi connectivity index (χ2n) is 7.78. The zero-order valence-corrected chi connectivity index (χ0v) is 17.1. The minimum Gasteiger partial charge on any atom is -0.335 e. The normalized spacial score (nSPS) is 16.9. The quantitative estimate of drug-likeness (QED) is 0.770. The Balaban J connectivity index is 1.70. The van der Waals surface area contributed by atoms with E-state index in [0.29, 0.717) is 5.92 Å². The minimum absolute atomic E-state index is 0.0657. The Labute approximate surface area is 163 Å². The summed E-state index contributed by atoms with van der Waals surface area (Å²) >= 11 is 0. The lowest BCUT2D eigenvalue weighted by atomic mass is 10.0. The number of piperazine rings is 1. The van der Waals surface area contributed by atoms with Crippen molar-refractivity contribution in [3.05, 3.63) is 35.4 Å². The molecule has 1 fully saturated rings. The highest BCUT2D eigenvalue weighted by Crippen LogP contribution is 2.16. The number of nitrogens with zero attached hydrogens (tertiary/aromatic N) is 2. The van der Waals surface area contributed by atoms with E-state index in [0.717, 1.165) is 39.1 Å². The summed E-state index contributed by atoms with van der Waals surface area (Å²) < 4.78 is 0. The van der Waals surface area contributed by atoms with Gasteiger partial charge in [0, 0.05) is 38.8 Å². The molecule has 1 saturated heterocycles. The monoisotopic (exact) mass is 374 g/mol. The van der Waals surface area contributed by atoms with Gasteiger partial charge in [-0.25, -0.2) is 4.79 Å². The second kappa shape index (κ2) is 10.4. The summed E-state index contributed by atoms with van der Waals surface area (Å²) in [7, 11) is 0. The molecule has 1 aromatic rings. The number of benzene rings is 1. The summed E-state index contributed by atoms with van der Waals surface area (Å²) in [5, 5.41) is 5.16. The van der Waals surface area contributed by atoms with Gasteiger partial charge < -0.3 is 5.32 Å². The van der Waals surface area contributed by atoms with Crippen LogP contribution in [-0.4, -0.2) is 60.5 Å². The van der Waals surface area contributed by atoms with E-state index >= 15 is 0 Å². The number of carbonyl (C=O) groups excluding carboxylic acids is 2. The number of hydrogen-bond acceptors (Lipinski definition) is 4. The third kappa shape index (κ3) is 7.31. The van der Waals surface area contributed by atoms with E-state index in [1.165, 1.54) is 11.1 Å². The molecule has 3 amide bonds. The van der Waals surface area contributed by atoms with E-state index in [-0.39, 0.29) is 18.5 Å². The molecule has 1 aliphatic heterocycles. The van der Waals surface area contributed by atoms with E-state index in [4.69, 9.17) is 0 Å². The molecule has 1 atom stereocenters. The fourth-order valence-electron chi connectivity index (χ4n) is 3.10. The van der Waals surface area contributed by atoms with Crippen LogP contribution in [0.4, 0.5) is 4.79 Å². The van der Waals surface area contributed by atoms with Crippen molar-refractivity contribution >= 4 is 11.9 Å². The summed E-state index contributed by atoms with van der Waals surface area (Å²) in [5.41, 5.74) is 2.69. The first-order valence-corrected chi connectivity index (χ1v) is 10.0. The van der Waals surface area contributed by atoms with Crippen LogP contribution in [0.5, 0.6) is 0 Å². The Morgan fingerprint density at radius 2 is 1.59 bits per heavy atom. The lowest BCUT2D eigenvalue weighted by molar-refractivity contribution is -0.121. The van der Waals surface area contributed by atoms with Crippen LogP contribution in [0.3, 0.4) is 0 Å². The first kappa shape index (κ1) is 21.4. The topological polar surface area (TPSA) is 64.7 Å². The predicted molar refractivity (Wildman–Crippen MR) is 109 cm³/mol. The summed E-state index contributed by atoms with van der Waals surface area (Å²) in [6.45, 7) is 13.1. The molecule has 2 N–H and O–H groups in total. The van der Waals surface area contributed by atoms with Crippen LogP contribution < -0.4 is 10.6 Å². The minimum atomic E-state index is -0.405. The first-order valence-electron chi connectivity index (χ1n) is 10.0. The number of urea groups is 1. The molecule has 6 heteroatoms. The van der Waals surface area contributed by atoms with Gasteiger partial charge in [-0.05, 0) is 30.4 Å². The number of amides is 3. The SMILES string of the molecule is CC[C@@H](C)NC(=O)NC(=O)CN1CCN(Cc2ccc(C(C)C)cc2)CC1. The zero-order valence-electron chi connectivity index (χ0n) is 17.1. The van der Waals surface area contributed by atoms with Crippen molar-refractivity contribution in [3.8, 4) is 0 Å². The summed E-state index contributed by atoms with van der Waals surface area (Å²) in [5.74, 6) is 0.314. The van der Waals surface area contributed by atoms with Crippen LogP contribution in [0.25, 0.3) is 0 Å². The Morgan fingerprint density at radius 3 is 2.15 bits per heavy atom. The zero-order chi connectivity index (χ0) is 19.8. The van der Waals surface area contributed by atoms with Crippen molar-refractivity contribution in [3.63, 3.8) is 0 Å². The van der Waals surface area contributed by atoms with Gasteiger partial charge in [-0.2, -0.15) is 0 Å². The molecule has 6 nitrogen and oxygen atoms in total. The highest BCUT2D eigenvalue weighted by Gasteiger charge is 2.20. The average Bonchev–Trinajstić information content (AvgIpc) is 2.63. The second-order valence-corrected chi connectivity index (χ2v) is 7.78. The molecule has 1 aromatic carbocycles. The van der Waals surface area contributed by atoms with Crippen LogP contribution in [-0.2, 0) is 11.3 Å². The van der Waals surface area contributed by atoms with E-state index in [1.807, 2.05) is 13.8 Å². The van der Waals surface area contributed by atoms with E-state index < -0.39 is 6.03 Å². The third-order valence-electron chi connectivity index (χ3n) is 5.13. The highest BCUT2D eigenvalue weighted by atomic mass is 16.2. The van der Waals surface area contributed by atoms with E-state index in [9.17, 15) is 9.59 Å². The first-order chi connectivity index (χ1) is 12.9. The maximum absolute atomic E-state index is 12.0. The fraction of sp³-hybridized carbons (Fsp3) is 0.619. The largest absolute Gasteiger partial charge is 0.335 e. The summed E-state index contributed by atoms with van der Waals surface area (Å²) in [6, 6.07) is 8.51. The molecular formula is C21H34N4O2. The van der Waals surface area contributed by atoms with Crippen LogP contribution in [0, 0.1) is 0 Å². The van der Waals surface area contributed by atoms with E-state index in [1.54, 1.807) is 0 Å². The Morgan fingerprint density at radius 1 is 1.00 bits per heavy atom. The Hall–Kier alpha value is -1.92. The van der Waals surface area contributed by atoms with Gasteiger partial charge in [-0.15, -0.1) is 0 Å². The molecule has 2 rings (SSSR count). The lowest BCUT2D eigenvalue weighted by Crippen LogP contribution is -2.51. The highest BCUT2D eigenvalue weighted by molar-refractivity contribution is 5.95. The van der Waals surface area contributed by atoms with E-state index in [2.05, 4.69) is 58.5 Å². The average molecular weight is 375 g/mol. The number of rotatable bonds is 7. The molecule has 0 saturated carbocycles. The molecule has 0 radical (unpaired) electrons. The molecule has 150 valence electrons. The number of hydrogen-bond donors (Lipinski definition) is 2. The maximum Gasteiger partial charge on any atom is 0.321 e. The van der Waals surface area contributed by atoms with Gasteiger partial charge in [-0.1, -0.05) is 45.0 Å². The van der Waals surface area contributed by atoms with Gasteiger partial charge in [0.25, 0.3) is 0 Å². The Kier molecular flexibility index (Phi) is 8.25. The molecule has 0 spiro atoms. The van der Waals surface area contributed by atoms with Gasteiger partial charge in [0.15, 0.2) is 0 Å². The van der Waals surface area contributed by atoms with Crippen molar-refractivity contribution in [2.75, 3.05) is 32.7 Å². The molecule has 0 aromatic heterocycles. The molecule has 0 bridgehead atoms. The molecule has 27 heavy (non-hydrogen) atoms. The van der Waals surface area contributed by atoms with Crippen molar-refractivity contribution in [1.29, 1.82) is 0 Å². The van der Waals surface area contributed by atoms with Crippen LogP contribution in [0.1, 0.15) is 51.2 Å². The predicted octanol–water partition coefficient (Wildman–Crippen LogP) is 2.55. The Bertz CT molecular complexity index is 607.